The molecule has 158 valence electrons. The zero-order valence-electron chi connectivity index (χ0n) is 15.1. The highest BCUT2D eigenvalue weighted by molar-refractivity contribution is 5.94. The molecule has 4 nitrogen and oxygen atoms in total. The van der Waals surface area contributed by atoms with Crippen LogP contribution in [0, 0.1) is 0 Å². The van der Waals surface area contributed by atoms with E-state index in [0.717, 1.165) is 11.0 Å². The number of H-pyrrole nitrogens is 1. The third kappa shape index (κ3) is 3.69. The van der Waals surface area contributed by atoms with Gasteiger partial charge in [-0.15, -0.1) is 0 Å². The first-order valence-electron chi connectivity index (χ1n) is 8.83. The minimum Gasteiger partial charge on any atom is -0.488 e. The molecule has 3 aromatic rings. The van der Waals surface area contributed by atoms with Gasteiger partial charge in [-0.05, 0) is 17.7 Å². The van der Waals surface area contributed by atoms with Gasteiger partial charge in [-0.1, -0.05) is 30.3 Å². The fourth-order valence-electron chi connectivity index (χ4n) is 3.67. The Kier molecular flexibility index (Phi) is 4.67. The summed E-state index contributed by atoms with van der Waals surface area (Å²) in [5.41, 5.74) is -2.00. The molecule has 0 saturated heterocycles. The number of pyridine rings is 1. The average molecular weight is 428 g/mol. The number of nitrogens with zero attached hydrogens (tertiary/aromatic N) is 1. The van der Waals surface area contributed by atoms with E-state index in [1.165, 1.54) is 6.07 Å². The van der Waals surface area contributed by atoms with Gasteiger partial charge in [0.15, 0.2) is 5.75 Å². The molecular formula is C20H14F6N2O2. The summed E-state index contributed by atoms with van der Waals surface area (Å²) in [5.74, 6) is -0.340. The van der Waals surface area contributed by atoms with E-state index in [1.807, 2.05) is 0 Å². The van der Waals surface area contributed by atoms with Crippen molar-refractivity contribution in [3.05, 3.63) is 70.0 Å². The number of anilines is 1. The molecule has 0 radical (unpaired) electrons. The van der Waals surface area contributed by atoms with E-state index in [4.69, 9.17) is 4.74 Å². The molecule has 0 aliphatic carbocycles. The second kappa shape index (κ2) is 6.96. The van der Waals surface area contributed by atoms with Crippen LogP contribution in [0.3, 0.4) is 0 Å². The first-order chi connectivity index (χ1) is 14.0. The molecular weight excluding hydrogens is 414 g/mol. The van der Waals surface area contributed by atoms with E-state index in [0.29, 0.717) is 11.6 Å². The molecule has 1 atom stereocenters. The molecule has 1 aliphatic heterocycles. The Morgan fingerprint density at radius 3 is 2.37 bits per heavy atom. The maximum Gasteiger partial charge on any atom is 0.417 e. The second-order valence-electron chi connectivity index (χ2n) is 6.86. The van der Waals surface area contributed by atoms with Gasteiger partial charge >= 0.3 is 12.4 Å². The number of fused-ring (bicyclic) bond motifs is 3. The summed E-state index contributed by atoms with van der Waals surface area (Å²) in [6.07, 6.45) is -9.50. The van der Waals surface area contributed by atoms with Crippen LogP contribution < -0.4 is 15.2 Å². The van der Waals surface area contributed by atoms with Gasteiger partial charge in [0.25, 0.3) is 0 Å². The van der Waals surface area contributed by atoms with Crippen LogP contribution in [0.15, 0.2) is 53.3 Å². The van der Waals surface area contributed by atoms with E-state index >= 15 is 0 Å². The fourth-order valence-corrected chi connectivity index (χ4v) is 3.67. The normalized spacial score (nSPS) is 17.0. The highest BCUT2D eigenvalue weighted by Crippen LogP contribution is 2.47. The Labute approximate surface area is 165 Å². The van der Waals surface area contributed by atoms with Crippen LogP contribution in [0.4, 0.5) is 32.0 Å². The van der Waals surface area contributed by atoms with Crippen molar-refractivity contribution >= 4 is 16.6 Å². The van der Waals surface area contributed by atoms with Crippen LogP contribution in [-0.2, 0) is 6.18 Å². The summed E-state index contributed by atoms with van der Waals surface area (Å²) in [7, 11) is 0. The molecule has 1 unspecified atom stereocenters. The number of ether oxygens (including phenoxy) is 1. The lowest BCUT2D eigenvalue weighted by Gasteiger charge is -2.39. The third-order valence-electron chi connectivity index (χ3n) is 4.85. The lowest BCUT2D eigenvalue weighted by molar-refractivity contribution is -0.136. The van der Waals surface area contributed by atoms with Gasteiger partial charge in [0, 0.05) is 6.07 Å². The van der Waals surface area contributed by atoms with Gasteiger partial charge in [0.2, 0.25) is 5.56 Å². The number of aromatic amines is 1. The zero-order chi connectivity index (χ0) is 21.7. The molecule has 1 aliphatic rings. The van der Waals surface area contributed by atoms with Crippen LogP contribution in [0.1, 0.15) is 17.2 Å². The highest BCUT2D eigenvalue weighted by atomic mass is 19.4. The Hall–Kier alpha value is -3.17. The number of hydrogen-bond acceptors (Lipinski definition) is 3. The summed E-state index contributed by atoms with van der Waals surface area (Å²) < 4.78 is 86.4. The van der Waals surface area contributed by atoms with Gasteiger partial charge in [-0.2, -0.15) is 26.3 Å². The first-order valence-corrected chi connectivity index (χ1v) is 8.83. The monoisotopic (exact) mass is 428 g/mol. The number of halogens is 6. The van der Waals surface area contributed by atoms with Crippen LogP contribution >= 0.6 is 0 Å². The van der Waals surface area contributed by atoms with Gasteiger partial charge in [-0.25, -0.2) is 0 Å². The van der Waals surface area contributed by atoms with Crippen LogP contribution in [0.25, 0.3) is 10.9 Å². The van der Waals surface area contributed by atoms with Gasteiger partial charge < -0.3 is 14.6 Å². The molecule has 0 bridgehead atoms. The zero-order valence-corrected chi connectivity index (χ0v) is 15.1. The van der Waals surface area contributed by atoms with E-state index in [-0.39, 0.29) is 23.6 Å². The Bertz CT molecular complexity index is 1140. The largest absolute Gasteiger partial charge is 0.488 e. The van der Waals surface area contributed by atoms with E-state index in [1.54, 1.807) is 30.3 Å². The SMILES string of the molecule is O=c1cc(C(F)(F)F)c2c3c(ccc2[nH]1)N(CC(F)(F)F)C(c1ccccc1)CO3. The molecule has 2 aromatic carbocycles. The van der Waals surface area contributed by atoms with E-state index in [2.05, 4.69) is 4.98 Å². The molecule has 0 fully saturated rings. The smallest absolute Gasteiger partial charge is 0.417 e. The Morgan fingerprint density at radius 2 is 1.73 bits per heavy atom. The van der Waals surface area contributed by atoms with Crippen molar-refractivity contribution in [2.24, 2.45) is 0 Å². The number of aromatic nitrogens is 1. The Morgan fingerprint density at radius 1 is 1.03 bits per heavy atom. The summed E-state index contributed by atoms with van der Waals surface area (Å²) in [4.78, 5) is 14.9. The van der Waals surface area contributed by atoms with Crippen molar-refractivity contribution < 1.29 is 31.1 Å². The topological polar surface area (TPSA) is 45.3 Å². The van der Waals surface area contributed by atoms with E-state index in [9.17, 15) is 31.1 Å². The molecule has 0 saturated carbocycles. The Balaban J connectivity index is 1.96. The molecule has 1 aromatic heterocycles. The van der Waals surface area contributed by atoms with E-state index < -0.39 is 41.4 Å². The number of rotatable bonds is 2. The van der Waals surface area contributed by atoms with Crippen LogP contribution in [0.2, 0.25) is 0 Å². The fraction of sp³-hybridized carbons (Fsp3) is 0.250. The second-order valence-corrected chi connectivity index (χ2v) is 6.86. The highest BCUT2D eigenvalue weighted by Gasteiger charge is 2.41. The third-order valence-corrected chi connectivity index (χ3v) is 4.85. The van der Waals surface area contributed by atoms with Crippen molar-refractivity contribution in [2.45, 2.75) is 18.4 Å². The predicted octanol–water partition coefficient (Wildman–Crippen LogP) is 5.05. The van der Waals surface area contributed by atoms with Crippen molar-refractivity contribution in [3.8, 4) is 5.75 Å². The molecule has 0 spiro atoms. The summed E-state index contributed by atoms with van der Waals surface area (Å²) in [5, 5.41) is -0.474. The number of nitrogens with one attached hydrogen (secondary N) is 1. The molecule has 2 heterocycles. The summed E-state index contributed by atoms with van der Waals surface area (Å²) in [6.45, 7) is -1.66. The molecule has 0 amide bonds. The minimum absolute atomic E-state index is 0.127. The van der Waals surface area contributed by atoms with Gasteiger partial charge in [-0.3, -0.25) is 4.79 Å². The van der Waals surface area contributed by atoms with Crippen molar-refractivity contribution in [3.63, 3.8) is 0 Å². The van der Waals surface area contributed by atoms with Crippen molar-refractivity contribution in [1.29, 1.82) is 0 Å². The van der Waals surface area contributed by atoms with Crippen LogP contribution in [-0.4, -0.2) is 24.3 Å². The average Bonchev–Trinajstić information content (AvgIpc) is 2.66. The molecule has 1 N–H and O–H groups in total. The standard InChI is InChI=1S/C20H14F6N2O2/c21-19(22,23)10-28-14-7-6-13-17(12(20(24,25)26)8-16(29)27-13)18(14)30-9-15(28)11-4-2-1-3-5-11/h1-8,15H,9-10H2,(H,27,29). The van der Waals surface area contributed by atoms with Crippen molar-refractivity contribution in [1.82, 2.24) is 4.98 Å². The summed E-state index contributed by atoms with van der Waals surface area (Å²) >= 11 is 0. The van der Waals surface area contributed by atoms with Gasteiger partial charge in [0.05, 0.1) is 28.2 Å². The quantitative estimate of drug-likeness (QED) is 0.581. The molecule has 10 heteroatoms. The minimum atomic E-state index is -4.89. The van der Waals surface area contributed by atoms with Gasteiger partial charge in [0.1, 0.15) is 13.2 Å². The van der Waals surface area contributed by atoms with Crippen molar-refractivity contribution in [2.75, 3.05) is 18.1 Å². The number of hydrogen-bond donors (Lipinski definition) is 1. The lowest BCUT2D eigenvalue weighted by Crippen LogP contribution is -2.42. The summed E-state index contributed by atoms with van der Waals surface area (Å²) in [6, 6.07) is 10.2. The molecule has 30 heavy (non-hydrogen) atoms. The number of alkyl halides is 6. The predicted molar refractivity (Wildman–Crippen MR) is 97.6 cm³/mol. The number of benzene rings is 2. The lowest BCUT2D eigenvalue weighted by atomic mass is 10.00. The first kappa shape index (κ1) is 20.1. The van der Waals surface area contributed by atoms with Crippen LogP contribution in [0.5, 0.6) is 5.75 Å². The maximum absolute atomic E-state index is 13.6. The maximum atomic E-state index is 13.6. The molecule has 4 rings (SSSR count).